The molecule has 2 heterocycles. The fourth-order valence-electron chi connectivity index (χ4n) is 1.06. The third-order valence-corrected chi connectivity index (χ3v) is 1.71. The highest BCUT2D eigenvalue weighted by Gasteiger charge is 2.04. The lowest BCUT2D eigenvalue weighted by Gasteiger charge is -2.00. The molecule has 0 unspecified atom stereocenters. The summed E-state index contributed by atoms with van der Waals surface area (Å²) in [4.78, 5) is 24.3. The first kappa shape index (κ1) is 8.36. The first-order valence-electron chi connectivity index (χ1n) is 3.84. The Morgan fingerprint density at radius 1 is 1.43 bits per heavy atom. The molecule has 2 rings (SSSR count). The number of aromatic nitrogens is 2. The molecule has 0 spiro atoms. The van der Waals surface area contributed by atoms with Crippen LogP contribution in [0, 0.1) is 0 Å². The second-order valence-corrected chi connectivity index (χ2v) is 2.67. The molecule has 0 bridgehead atoms. The Morgan fingerprint density at radius 2 is 2.21 bits per heavy atom. The standard InChI is InChI=1S/C8H7N3O3/c9-5-4-11(6-2-1-3-14-6)8(13)10-7(5)12/h1-4H,9H2,(H,10,12,13). The van der Waals surface area contributed by atoms with E-state index in [1.807, 2.05) is 0 Å². The quantitative estimate of drug-likeness (QED) is 0.650. The Morgan fingerprint density at radius 3 is 2.86 bits per heavy atom. The van der Waals surface area contributed by atoms with Crippen molar-refractivity contribution in [2.24, 2.45) is 0 Å². The zero-order valence-corrected chi connectivity index (χ0v) is 7.06. The van der Waals surface area contributed by atoms with Gasteiger partial charge in [0.1, 0.15) is 5.69 Å². The number of H-pyrrole nitrogens is 1. The molecule has 0 fully saturated rings. The molecule has 0 atom stereocenters. The van der Waals surface area contributed by atoms with E-state index >= 15 is 0 Å². The van der Waals surface area contributed by atoms with Crippen LogP contribution in [0.5, 0.6) is 0 Å². The highest BCUT2D eigenvalue weighted by molar-refractivity contribution is 5.33. The summed E-state index contributed by atoms with van der Waals surface area (Å²) >= 11 is 0. The molecular weight excluding hydrogens is 186 g/mol. The van der Waals surface area contributed by atoms with E-state index in [2.05, 4.69) is 4.98 Å². The number of nitrogen functional groups attached to an aromatic ring is 1. The van der Waals surface area contributed by atoms with Crippen molar-refractivity contribution in [2.75, 3.05) is 5.73 Å². The molecular formula is C8H7N3O3. The summed E-state index contributed by atoms with van der Waals surface area (Å²) in [7, 11) is 0. The molecule has 0 saturated heterocycles. The lowest BCUT2D eigenvalue weighted by Crippen LogP contribution is -2.29. The van der Waals surface area contributed by atoms with E-state index in [0.29, 0.717) is 5.88 Å². The molecule has 0 amide bonds. The van der Waals surface area contributed by atoms with Crippen molar-refractivity contribution in [1.82, 2.24) is 9.55 Å². The normalized spacial score (nSPS) is 10.3. The number of furan rings is 1. The predicted molar refractivity (Wildman–Crippen MR) is 49.3 cm³/mol. The minimum atomic E-state index is -0.599. The number of nitrogens with two attached hydrogens (primary N) is 1. The van der Waals surface area contributed by atoms with E-state index in [0.717, 1.165) is 4.57 Å². The number of aromatic amines is 1. The number of anilines is 1. The lowest BCUT2D eigenvalue weighted by molar-refractivity contribution is 0.530. The van der Waals surface area contributed by atoms with Crippen LogP contribution in [0.4, 0.5) is 5.69 Å². The van der Waals surface area contributed by atoms with Crippen molar-refractivity contribution in [2.45, 2.75) is 0 Å². The molecule has 2 aromatic rings. The van der Waals surface area contributed by atoms with Gasteiger partial charge < -0.3 is 10.2 Å². The van der Waals surface area contributed by atoms with Gasteiger partial charge in [-0.15, -0.1) is 0 Å². The Kier molecular flexibility index (Phi) is 1.74. The van der Waals surface area contributed by atoms with E-state index in [-0.39, 0.29) is 5.69 Å². The average Bonchev–Trinajstić information content (AvgIpc) is 2.64. The lowest BCUT2D eigenvalue weighted by atomic mass is 10.5. The van der Waals surface area contributed by atoms with Crippen LogP contribution in [-0.2, 0) is 0 Å². The fraction of sp³-hybridized carbons (Fsp3) is 0. The topological polar surface area (TPSA) is 94.0 Å². The molecule has 0 aromatic carbocycles. The number of nitrogens with one attached hydrogen (secondary N) is 1. The minimum Gasteiger partial charge on any atom is -0.448 e. The van der Waals surface area contributed by atoms with Crippen LogP contribution in [0.15, 0.2) is 38.6 Å². The van der Waals surface area contributed by atoms with Gasteiger partial charge in [-0.05, 0) is 6.07 Å². The minimum absolute atomic E-state index is 0.0407. The van der Waals surface area contributed by atoms with Crippen LogP contribution < -0.4 is 17.0 Å². The second-order valence-electron chi connectivity index (χ2n) is 2.67. The van der Waals surface area contributed by atoms with Crippen LogP contribution >= 0.6 is 0 Å². The SMILES string of the molecule is Nc1cn(-c2ccco2)c(=O)[nH]c1=O. The molecule has 14 heavy (non-hydrogen) atoms. The molecule has 3 N–H and O–H groups in total. The number of hydrogen-bond donors (Lipinski definition) is 2. The van der Waals surface area contributed by atoms with Crippen LogP contribution in [0.2, 0.25) is 0 Å². The van der Waals surface area contributed by atoms with Gasteiger partial charge in [-0.25, -0.2) is 9.36 Å². The first-order chi connectivity index (χ1) is 6.68. The molecule has 0 aliphatic carbocycles. The molecule has 0 radical (unpaired) electrons. The van der Waals surface area contributed by atoms with Gasteiger partial charge in [0, 0.05) is 12.3 Å². The summed E-state index contributed by atoms with van der Waals surface area (Å²) < 4.78 is 6.10. The third kappa shape index (κ3) is 1.22. The Hall–Kier alpha value is -2.24. The average molecular weight is 193 g/mol. The van der Waals surface area contributed by atoms with E-state index < -0.39 is 11.2 Å². The van der Waals surface area contributed by atoms with Gasteiger partial charge in [-0.1, -0.05) is 0 Å². The Labute approximate surface area is 77.6 Å². The molecule has 72 valence electrons. The third-order valence-electron chi connectivity index (χ3n) is 1.71. The van der Waals surface area contributed by atoms with E-state index in [1.165, 1.54) is 12.5 Å². The van der Waals surface area contributed by atoms with E-state index in [4.69, 9.17) is 10.2 Å². The van der Waals surface area contributed by atoms with Crippen LogP contribution in [0.3, 0.4) is 0 Å². The first-order valence-corrected chi connectivity index (χ1v) is 3.84. The maximum absolute atomic E-state index is 11.3. The van der Waals surface area contributed by atoms with Crippen molar-refractivity contribution in [3.05, 3.63) is 45.4 Å². The van der Waals surface area contributed by atoms with Gasteiger partial charge >= 0.3 is 5.69 Å². The predicted octanol–water partition coefficient (Wildman–Crippen LogP) is -0.299. The number of hydrogen-bond acceptors (Lipinski definition) is 4. The second kappa shape index (κ2) is 2.91. The summed E-state index contributed by atoms with van der Waals surface area (Å²) in [6.45, 7) is 0. The maximum Gasteiger partial charge on any atom is 0.335 e. The number of rotatable bonds is 1. The van der Waals surface area contributed by atoms with Crippen molar-refractivity contribution in [3.8, 4) is 5.88 Å². The highest BCUT2D eigenvalue weighted by atomic mass is 16.3. The van der Waals surface area contributed by atoms with Gasteiger partial charge in [-0.2, -0.15) is 0 Å². The van der Waals surface area contributed by atoms with Crippen molar-refractivity contribution >= 4 is 5.69 Å². The van der Waals surface area contributed by atoms with Gasteiger partial charge in [0.05, 0.1) is 6.26 Å². The summed E-state index contributed by atoms with van der Waals surface area (Å²) in [5, 5.41) is 0. The Balaban J connectivity index is 2.72. The van der Waals surface area contributed by atoms with Crippen LogP contribution in [0.25, 0.3) is 5.88 Å². The summed E-state index contributed by atoms with van der Waals surface area (Å²) in [6, 6.07) is 3.21. The van der Waals surface area contributed by atoms with Crippen molar-refractivity contribution in [1.29, 1.82) is 0 Å². The van der Waals surface area contributed by atoms with Crippen LogP contribution in [0.1, 0.15) is 0 Å². The largest absolute Gasteiger partial charge is 0.448 e. The zero-order valence-electron chi connectivity index (χ0n) is 7.06. The summed E-state index contributed by atoms with van der Waals surface area (Å²) in [5.41, 5.74) is 4.13. The van der Waals surface area contributed by atoms with Gasteiger partial charge in [0.2, 0.25) is 5.88 Å². The smallest absolute Gasteiger partial charge is 0.335 e. The molecule has 6 heteroatoms. The molecule has 6 nitrogen and oxygen atoms in total. The fourth-order valence-corrected chi connectivity index (χ4v) is 1.06. The van der Waals surface area contributed by atoms with E-state index in [9.17, 15) is 9.59 Å². The van der Waals surface area contributed by atoms with Crippen LogP contribution in [-0.4, -0.2) is 9.55 Å². The summed E-state index contributed by atoms with van der Waals surface area (Å²) in [6.07, 6.45) is 2.64. The maximum atomic E-state index is 11.3. The monoisotopic (exact) mass is 193 g/mol. The van der Waals surface area contributed by atoms with Gasteiger partial charge in [0.15, 0.2) is 0 Å². The molecule has 0 aliphatic rings. The summed E-state index contributed by atoms with van der Waals surface area (Å²) in [5.74, 6) is 0.304. The van der Waals surface area contributed by atoms with E-state index in [1.54, 1.807) is 12.1 Å². The molecule has 0 saturated carbocycles. The zero-order chi connectivity index (χ0) is 10.1. The van der Waals surface area contributed by atoms with Crippen molar-refractivity contribution < 1.29 is 4.42 Å². The molecule has 0 aliphatic heterocycles. The van der Waals surface area contributed by atoms with Gasteiger partial charge in [0.25, 0.3) is 5.56 Å². The highest BCUT2D eigenvalue weighted by Crippen LogP contribution is 2.04. The van der Waals surface area contributed by atoms with Crippen molar-refractivity contribution in [3.63, 3.8) is 0 Å². The number of nitrogens with zero attached hydrogens (tertiary/aromatic N) is 1. The van der Waals surface area contributed by atoms with Gasteiger partial charge in [-0.3, -0.25) is 9.78 Å². The molecule has 2 aromatic heterocycles. The Bertz CT molecular complexity index is 550.